The molecule has 2 rings (SSSR count). The fourth-order valence-corrected chi connectivity index (χ4v) is 2.62. The van der Waals surface area contributed by atoms with E-state index in [1.165, 1.54) is 24.8 Å². The predicted octanol–water partition coefficient (Wildman–Crippen LogP) is 2.25. The lowest BCUT2D eigenvalue weighted by Gasteiger charge is -2.44. The van der Waals surface area contributed by atoms with Crippen LogP contribution in [0.25, 0.3) is 0 Å². The average molecular weight is 204 g/mol. The number of nitrogens with two attached hydrogens (primary N) is 1. The van der Waals surface area contributed by atoms with Crippen LogP contribution in [0.4, 0.5) is 5.69 Å². The summed E-state index contributed by atoms with van der Waals surface area (Å²) >= 11 is 0. The largest absolute Gasteiger partial charge is 0.399 e. The number of rotatable bonds is 3. The van der Waals surface area contributed by atoms with E-state index < -0.39 is 0 Å². The Morgan fingerprint density at radius 3 is 2.53 bits per heavy atom. The molecule has 0 heterocycles. The van der Waals surface area contributed by atoms with Crippen molar-refractivity contribution in [3.05, 3.63) is 29.8 Å². The highest BCUT2D eigenvalue weighted by Crippen LogP contribution is 2.44. The second-order valence-electron chi connectivity index (χ2n) is 5.00. The highest BCUT2D eigenvalue weighted by atomic mass is 15.1. The average Bonchev–Trinajstić information content (AvgIpc) is 2.11. The smallest absolute Gasteiger partial charge is 0.0316 e. The molecule has 0 atom stereocenters. The maximum atomic E-state index is 5.85. The number of benzene rings is 1. The lowest BCUT2D eigenvalue weighted by Crippen LogP contribution is -2.43. The minimum atomic E-state index is 0.374. The van der Waals surface area contributed by atoms with Gasteiger partial charge in [-0.3, -0.25) is 0 Å². The van der Waals surface area contributed by atoms with Crippen molar-refractivity contribution in [1.82, 2.24) is 4.90 Å². The van der Waals surface area contributed by atoms with Crippen LogP contribution in [0.5, 0.6) is 0 Å². The molecule has 1 fully saturated rings. The molecule has 1 aliphatic rings. The Labute approximate surface area is 92.1 Å². The summed E-state index contributed by atoms with van der Waals surface area (Å²) in [6.07, 6.45) is 3.95. The van der Waals surface area contributed by atoms with Crippen molar-refractivity contribution in [2.24, 2.45) is 0 Å². The fraction of sp³-hybridized carbons (Fsp3) is 0.538. The summed E-state index contributed by atoms with van der Waals surface area (Å²) in [6, 6.07) is 8.40. The number of nitrogen functional groups attached to an aromatic ring is 1. The quantitative estimate of drug-likeness (QED) is 0.765. The molecule has 1 aromatic rings. The molecule has 1 aromatic carbocycles. The highest BCUT2D eigenvalue weighted by molar-refractivity contribution is 5.44. The molecule has 1 aliphatic carbocycles. The Bertz CT molecular complexity index is 340. The molecule has 0 amide bonds. The first-order valence-electron chi connectivity index (χ1n) is 5.63. The summed E-state index contributed by atoms with van der Waals surface area (Å²) in [5.41, 5.74) is 8.53. The topological polar surface area (TPSA) is 29.3 Å². The molecule has 0 bridgehead atoms. The monoisotopic (exact) mass is 204 g/mol. The molecular weight excluding hydrogens is 184 g/mol. The molecule has 1 saturated carbocycles. The van der Waals surface area contributed by atoms with Gasteiger partial charge in [-0.2, -0.15) is 0 Å². The second kappa shape index (κ2) is 3.86. The van der Waals surface area contributed by atoms with E-state index in [4.69, 9.17) is 5.73 Å². The molecule has 0 aliphatic heterocycles. The molecule has 82 valence electrons. The summed E-state index contributed by atoms with van der Waals surface area (Å²) in [4.78, 5) is 2.28. The van der Waals surface area contributed by atoms with Gasteiger partial charge in [0.1, 0.15) is 0 Å². The van der Waals surface area contributed by atoms with Crippen LogP contribution >= 0.6 is 0 Å². The summed E-state index contributed by atoms with van der Waals surface area (Å²) in [5.74, 6) is 0. The Kier molecular flexibility index (Phi) is 2.70. The number of anilines is 1. The zero-order chi connectivity index (χ0) is 10.9. The van der Waals surface area contributed by atoms with E-state index in [0.29, 0.717) is 5.41 Å². The van der Waals surface area contributed by atoms with Gasteiger partial charge in [0.2, 0.25) is 0 Å². The third-order valence-corrected chi connectivity index (χ3v) is 3.43. The molecule has 0 saturated heterocycles. The van der Waals surface area contributed by atoms with Crippen molar-refractivity contribution >= 4 is 5.69 Å². The van der Waals surface area contributed by atoms with Gasteiger partial charge in [-0.05, 0) is 44.6 Å². The molecule has 2 heteroatoms. The fourth-order valence-electron chi connectivity index (χ4n) is 2.62. The minimum Gasteiger partial charge on any atom is -0.399 e. The van der Waals surface area contributed by atoms with E-state index in [1.54, 1.807) is 0 Å². The van der Waals surface area contributed by atoms with Gasteiger partial charge in [0.05, 0.1) is 0 Å². The SMILES string of the molecule is CN(C)CC1(c2cccc(N)c2)CCC1. The van der Waals surface area contributed by atoms with E-state index >= 15 is 0 Å². The second-order valence-corrected chi connectivity index (χ2v) is 5.00. The first kappa shape index (κ1) is 10.5. The molecule has 0 radical (unpaired) electrons. The molecule has 0 aromatic heterocycles. The van der Waals surface area contributed by atoms with Gasteiger partial charge < -0.3 is 10.6 Å². The highest BCUT2D eigenvalue weighted by Gasteiger charge is 2.38. The standard InChI is InChI=1S/C13H20N2/c1-15(2)10-13(7-4-8-13)11-5-3-6-12(14)9-11/h3,5-6,9H,4,7-8,10,14H2,1-2H3. The van der Waals surface area contributed by atoms with Crippen LogP contribution in [-0.4, -0.2) is 25.5 Å². The minimum absolute atomic E-state index is 0.374. The predicted molar refractivity (Wildman–Crippen MR) is 64.9 cm³/mol. The summed E-state index contributed by atoms with van der Waals surface area (Å²) in [6.45, 7) is 1.14. The van der Waals surface area contributed by atoms with Gasteiger partial charge in [-0.1, -0.05) is 18.6 Å². The van der Waals surface area contributed by atoms with Crippen LogP contribution in [0.3, 0.4) is 0 Å². The van der Waals surface area contributed by atoms with Gasteiger partial charge >= 0.3 is 0 Å². The van der Waals surface area contributed by atoms with Gasteiger partial charge in [0.15, 0.2) is 0 Å². The molecular formula is C13H20N2. The first-order chi connectivity index (χ1) is 7.12. The molecule has 15 heavy (non-hydrogen) atoms. The summed E-state index contributed by atoms with van der Waals surface area (Å²) < 4.78 is 0. The van der Waals surface area contributed by atoms with Crippen molar-refractivity contribution in [2.45, 2.75) is 24.7 Å². The third-order valence-electron chi connectivity index (χ3n) is 3.43. The van der Waals surface area contributed by atoms with Crippen LogP contribution < -0.4 is 5.73 Å². The maximum absolute atomic E-state index is 5.85. The van der Waals surface area contributed by atoms with E-state index in [-0.39, 0.29) is 0 Å². The lowest BCUT2D eigenvalue weighted by atomic mass is 9.64. The van der Waals surface area contributed by atoms with E-state index in [1.807, 2.05) is 6.07 Å². The van der Waals surface area contributed by atoms with Crippen LogP contribution in [0.15, 0.2) is 24.3 Å². The molecule has 0 unspecified atom stereocenters. The Morgan fingerprint density at radius 1 is 1.33 bits per heavy atom. The molecule has 2 nitrogen and oxygen atoms in total. The Balaban J connectivity index is 2.26. The number of hydrogen-bond donors (Lipinski definition) is 1. The van der Waals surface area contributed by atoms with Crippen molar-refractivity contribution in [2.75, 3.05) is 26.4 Å². The Morgan fingerprint density at radius 2 is 2.07 bits per heavy atom. The van der Waals surface area contributed by atoms with Gasteiger partial charge in [0.25, 0.3) is 0 Å². The van der Waals surface area contributed by atoms with Crippen LogP contribution in [0.2, 0.25) is 0 Å². The van der Waals surface area contributed by atoms with E-state index in [0.717, 1.165) is 12.2 Å². The van der Waals surface area contributed by atoms with Crippen molar-refractivity contribution in [3.63, 3.8) is 0 Å². The number of nitrogens with zero attached hydrogens (tertiary/aromatic N) is 1. The van der Waals surface area contributed by atoms with Crippen LogP contribution in [0, 0.1) is 0 Å². The first-order valence-corrected chi connectivity index (χ1v) is 5.63. The summed E-state index contributed by atoms with van der Waals surface area (Å²) in [5, 5.41) is 0. The molecule has 2 N–H and O–H groups in total. The third kappa shape index (κ3) is 2.00. The van der Waals surface area contributed by atoms with Gasteiger partial charge in [0, 0.05) is 17.6 Å². The lowest BCUT2D eigenvalue weighted by molar-refractivity contribution is 0.177. The molecule has 0 spiro atoms. The Hall–Kier alpha value is -1.02. The van der Waals surface area contributed by atoms with Crippen molar-refractivity contribution in [1.29, 1.82) is 0 Å². The van der Waals surface area contributed by atoms with Crippen molar-refractivity contribution in [3.8, 4) is 0 Å². The van der Waals surface area contributed by atoms with Gasteiger partial charge in [-0.15, -0.1) is 0 Å². The van der Waals surface area contributed by atoms with E-state index in [9.17, 15) is 0 Å². The number of hydrogen-bond acceptors (Lipinski definition) is 2. The van der Waals surface area contributed by atoms with Gasteiger partial charge in [-0.25, -0.2) is 0 Å². The van der Waals surface area contributed by atoms with Crippen LogP contribution in [-0.2, 0) is 5.41 Å². The number of likely N-dealkylation sites (N-methyl/N-ethyl adjacent to an activating group) is 1. The van der Waals surface area contributed by atoms with E-state index in [2.05, 4.69) is 37.2 Å². The van der Waals surface area contributed by atoms with Crippen molar-refractivity contribution < 1.29 is 0 Å². The normalized spacial score (nSPS) is 18.9. The summed E-state index contributed by atoms with van der Waals surface area (Å²) in [7, 11) is 4.29. The zero-order valence-electron chi connectivity index (χ0n) is 9.66. The maximum Gasteiger partial charge on any atom is 0.0316 e. The zero-order valence-corrected chi connectivity index (χ0v) is 9.66. The van der Waals surface area contributed by atoms with Crippen LogP contribution in [0.1, 0.15) is 24.8 Å².